The van der Waals surface area contributed by atoms with Crippen molar-refractivity contribution in [3.8, 4) is 11.5 Å². The fourth-order valence-electron chi connectivity index (χ4n) is 2.24. The first-order chi connectivity index (χ1) is 11.4. The van der Waals surface area contributed by atoms with Crippen molar-refractivity contribution >= 4 is 11.9 Å². The highest BCUT2D eigenvalue weighted by Gasteiger charge is 2.21. The third-order valence-corrected chi connectivity index (χ3v) is 3.40. The van der Waals surface area contributed by atoms with Gasteiger partial charge in [-0.05, 0) is 24.5 Å². The Morgan fingerprint density at radius 1 is 1.38 bits per heavy atom. The van der Waals surface area contributed by atoms with Gasteiger partial charge in [-0.3, -0.25) is 9.59 Å². The fraction of sp³-hybridized carbons (Fsp3) is 0.444. The van der Waals surface area contributed by atoms with Gasteiger partial charge in [-0.25, -0.2) is 0 Å². The van der Waals surface area contributed by atoms with E-state index < -0.39 is 11.9 Å². The van der Waals surface area contributed by atoms with Gasteiger partial charge in [0.1, 0.15) is 18.1 Å². The van der Waals surface area contributed by atoms with Crippen molar-refractivity contribution < 1.29 is 24.2 Å². The minimum Gasteiger partial charge on any atom is -0.497 e. The molecule has 24 heavy (non-hydrogen) atoms. The number of carboxylic acid groups (broad SMARTS) is 1. The largest absolute Gasteiger partial charge is 0.497 e. The van der Waals surface area contributed by atoms with Crippen molar-refractivity contribution in [2.75, 3.05) is 20.3 Å². The van der Waals surface area contributed by atoms with Crippen LogP contribution < -0.4 is 14.8 Å². The van der Waals surface area contributed by atoms with Crippen molar-refractivity contribution in [2.24, 2.45) is 11.8 Å². The normalized spacial score (nSPS) is 11.7. The summed E-state index contributed by atoms with van der Waals surface area (Å²) in [6.07, 6.45) is 2.07. The van der Waals surface area contributed by atoms with Gasteiger partial charge in [0.05, 0.1) is 18.6 Å². The molecule has 6 heteroatoms. The number of carbonyl (C=O) groups excluding carboxylic acids is 1. The molecule has 0 saturated heterocycles. The molecule has 2 N–H and O–H groups in total. The topological polar surface area (TPSA) is 84.9 Å². The van der Waals surface area contributed by atoms with Crippen LogP contribution in [0.3, 0.4) is 0 Å². The molecule has 1 aromatic rings. The Morgan fingerprint density at radius 2 is 2.08 bits per heavy atom. The van der Waals surface area contributed by atoms with Crippen LogP contribution in [0.2, 0.25) is 0 Å². The molecule has 0 saturated carbocycles. The lowest BCUT2D eigenvalue weighted by molar-refractivity contribution is -0.142. The first-order valence-corrected chi connectivity index (χ1v) is 7.81. The van der Waals surface area contributed by atoms with Crippen LogP contribution in [0.4, 0.5) is 0 Å². The number of carboxylic acids is 1. The summed E-state index contributed by atoms with van der Waals surface area (Å²) in [5.41, 5.74) is 0.325. The Balaban J connectivity index is 2.85. The standard InChI is InChI=1S/C18H25NO5/c1-5-8-24-16-10-14(23-4)6-7-15(16)17(20)19-11-13(18(21)22)9-12(2)3/h5-7,10,12-13H,1,8-9,11H2,2-4H3,(H,19,20)(H,21,22). The van der Waals surface area contributed by atoms with Gasteiger partial charge in [0.15, 0.2) is 0 Å². The monoisotopic (exact) mass is 335 g/mol. The number of aliphatic carboxylic acids is 1. The zero-order valence-corrected chi connectivity index (χ0v) is 14.4. The predicted molar refractivity (Wildman–Crippen MR) is 91.6 cm³/mol. The number of hydrogen-bond acceptors (Lipinski definition) is 4. The van der Waals surface area contributed by atoms with E-state index in [1.165, 1.54) is 7.11 Å². The Hall–Kier alpha value is -2.50. The zero-order chi connectivity index (χ0) is 18.1. The maximum atomic E-state index is 12.4. The van der Waals surface area contributed by atoms with E-state index in [0.29, 0.717) is 23.5 Å². The lowest BCUT2D eigenvalue weighted by atomic mass is 9.97. The number of rotatable bonds is 10. The molecule has 0 spiro atoms. The molecule has 6 nitrogen and oxygen atoms in total. The van der Waals surface area contributed by atoms with Crippen molar-refractivity contribution in [2.45, 2.75) is 20.3 Å². The Kier molecular flexibility index (Phi) is 7.82. The minimum atomic E-state index is -0.915. The molecule has 132 valence electrons. The molecule has 1 aromatic carbocycles. The highest BCUT2D eigenvalue weighted by Crippen LogP contribution is 2.25. The van der Waals surface area contributed by atoms with Gasteiger partial charge in [-0.1, -0.05) is 26.5 Å². The number of benzene rings is 1. The van der Waals surface area contributed by atoms with E-state index in [4.69, 9.17) is 9.47 Å². The van der Waals surface area contributed by atoms with Gasteiger partial charge in [-0.15, -0.1) is 0 Å². The summed E-state index contributed by atoms with van der Waals surface area (Å²) in [5, 5.41) is 11.9. The van der Waals surface area contributed by atoms with Gasteiger partial charge < -0.3 is 19.9 Å². The molecule has 1 atom stereocenters. The molecular weight excluding hydrogens is 310 g/mol. The summed E-state index contributed by atoms with van der Waals surface area (Å²) in [5.74, 6) is -0.759. The third-order valence-electron chi connectivity index (χ3n) is 3.40. The number of nitrogens with one attached hydrogen (secondary N) is 1. The zero-order valence-electron chi connectivity index (χ0n) is 14.4. The van der Waals surface area contributed by atoms with Crippen LogP contribution in [0.15, 0.2) is 30.9 Å². The molecule has 1 unspecified atom stereocenters. The summed E-state index contributed by atoms with van der Waals surface area (Å²) in [4.78, 5) is 23.7. The Bertz CT molecular complexity index is 583. The van der Waals surface area contributed by atoms with E-state index >= 15 is 0 Å². The third kappa shape index (κ3) is 5.95. The lowest BCUT2D eigenvalue weighted by Crippen LogP contribution is -2.33. The van der Waals surface area contributed by atoms with Gasteiger partial charge in [0.25, 0.3) is 5.91 Å². The highest BCUT2D eigenvalue weighted by molar-refractivity contribution is 5.97. The Labute approximate surface area is 142 Å². The van der Waals surface area contributed by atoms with Crippen LogP contribution in [0.25, 0.3) is 0 Å². The smallest absolute Gasteiger partial charge is 0.308 e. The van der Waals surface area contributed by atoms with Crippen molar-refractivity contribution in [3.05, 3.63) is 36.4 Å². The first-order valence-electron chi connectivity index (χ1n) is 7.81. The Morgan fingerprint density at radius 3 is 2.62 bits per heavy atom. The van der Waals surface area contributed by atoms with E-state index in [2.05, 4.69) is 11.9 Å². The van der Waals surface area contributed by atoms with Crippen LogP contribution >= 0.6 is 0 Å². The maximum absolute atomic E-state index is 12.4. The summed E-state index contributed by atoms with van der Waals surface area (Å²) < 4.78 is 10.6. The maximum Gasteiger partial charge on any atom is 0.308 e. The van der Waals surface area contributed by atoms with Gasteiger partial charge in [0, 0.05) is 12.6 Å². The summed E-state index contributed by atoms with van der Waals surface area (Å²) in [7, 11) is 1.52. The van der Waals surface area contributed by atoms with E-state index in [1.807, 2.05) is 13.8 Å². The van der Waals surface area contributed by atoms with E-state index in [-0.39, 0.29) is 25.0 Å². The molecule has 0 aliphatic heterocycles. The van der Waals surface area contributed by atoms with Gasteiger partial charge >= 0.3 is 5.97 Å². The average molecular weight is 335 g/mol. The number of amides is 1. The first kappa shape index (κ1) is 19.5. The predicted octanol–water partition coefficient (Wildman–Crippen LogP) is 2.74. The molecule has 0 radical (unpaired) electrons. The second kappa shape index (κ2) is 9.60. The van der Waals surface area contributed by atoms with Gasteiger partial charge in [-0.2, -0.15) is 0 Å². The molecule has 0 fully saturated rings. The number of hydrogen-bond donors (Lipinski definition) is 2. The molecule has 0 heterocycles. The van der Waals surface area contributed by atoms with Crippen molar-refractivity contribution in [3.63, 3.8) is 0 Å². The fourth-order valence-corrected chi connectivity index (χ4v) is 2.24. The minimum absolute atomic E-state index is 0.0687. The van der Waals surface area contributed by atoms with Crippen LogP contribution in [-0.2, 0) is 4.79 Å². The van der Waals surface area contributed by atoms with E-state index in [9.17, 15) is 14.7 Å². The molecule has 0 aliphatic rings. The molecular formula is C18H25NO5. The SMILES string of the molecule is C=CCOc1cc(OC)ccc1C(=O)NCC(CC(C)C)C(=O)O. The van der Waals surface area contributed by atoms with Crippen LogP contribution in [0.5, 0.6) is 11.5 Å². The van der Waals surface area contributed by atoms with E-state index in [0.717, 1.165) is 0 Å². The lowest BCUT2D eigenvalue weighted by Gasteiger charge is -2.16. The average Bonchev–Trinajstić information content (AvgIpc) is 2.55. The second-order valence-corrected chi connectivity index (χ2v) is 5.84. The number of methoxy groups -OCH3 is 1. The molecule has 0 bridgehead atoms. The van der Waals surface area contributed by atoms with Crippen LogP contribution in [-0.4, -0.2) is 37.2 Å². The van der Waals surface area contributed by atoms with Crippen molar-refractivity contribution in [1.29, 1.82) is 0 Å². The molecule has 0 aromatic heterocycles. The van der Waals surface area contributed by atoms with Crippen molar-refractivity contribution in [1.82, 2.24) is 5.32 Å². The quantitative estimate of drug-likeness (QED) is 0.642. The van der Waals surface area contributed by atoms with E-state index in [1.54, 1.807) is 24.3 Å². The molecule has 1 rings (SSSR count). The highest BCUT2D eigenvalue weighted by atomic mass is 16.5. The number of carbonyl (C=O) groups is 2. The molecule has 1 amide bonds. The number of ether oxygens (including phenoxy) is 2. The van der Waals surface area contributed by atoms with Crippen LogP contribution in [0, 0.1) is 11.8 Å². The van der Waals surface area contributed by atoms with Gasteiger partial charge in [0.2, 0.25) is 0 Å². The second-order valence-electron chi connectivity index (χ2n) is 5.84. The summed E-state index contributed by atoms with van der Waals surface area (Å²) in [6, 6.07) is 4.85. The summed E-state index contributed by atoms with van der Waals surface area (Å²) >= 11 is 0. The molecule has 0 aliphatic carbocycles. The van der Waals surface area contributed by atoms with Crippen LogP contribution in [0.1, 0.15) is 30.6 Å². The summed E-state index contributed by atoms with van der Waals surface area (Å²) in [6.45, 7) is 7.79.